The van der Waals surface area contributed by atoms with Gasteiger partial charge in [0.25, 0.3) is 0 Å². The number of hydrogen-bond donors (Lipinski definition) is 2. The van der Waals surface area contributed by atoms with Crippen LogP contribution in [0.25, 0.3) is 0 Å². The second-order valence-electron chi connectivity index (χ2n) is 16.2. The Bertz CT molecular complexity index is 1430. The van der Waals surface area contributed by atoms with Crippen molar-refractivity contribution >= 4 is 11.4 Å². The number of anilines is 2. The van der Waals surface area contributed by atoms with Crippen LogP contribution in [0.15, 0.2) is 97.1 Å². The van der Waals surface area contributed by atoms with Crippen molar-refractivity contribution in [2.24, 2.45) is 5.92 Å². The third-order valence-electron chi connectivity index (χ3n) is 12.6. The summed E-state index contributed by atoms with van der Waals surface area (Å²) in [5.74, 6) is 1.65. The summed E-state index contributed by atoms with van der Waals surface area (Å²) in [6, 6.07) is 37.2. The molecule has 2 atom stereocenters. The molecule has 0 amide bonds. The monoisotopic (exact) mass is 699 g/mol. The van der Waals surface area contributed by atoms with Gasteiger partial charge in [-0.1, -0.05) is 177 Å². The Morgan fingerprint density at radius 2 is 0.788 bits per heavy atom. The van der Waals surface area contributed by atoms with E-state index in [9.17, 15) is 0 Å². The van der Waals surface area contributed by atoms with Crippen LogP contribution in [-0.2, 0) is 5.41 Å². The van der Waals surface area contributed by atoms with Crippen LogP contribution in [-0.4, -0.2) is 0 Å². The van der Waals surface area contributed by atoms with E-state index < -0.39 is 0 Å². The first-order valence-electron chi connectivity index (χ1n) is 21.4. The zero-order chi connectivity index (χ0) is 36.6. The van der Waals surface area contributed by atoms with Crippen LogP contribution in [0.4, 0.5) is 11.4 Å². The molecule has 2 unspecified atom stereocenters. The molecule has 0 aliphatic heterocycles. The summed E-state index contributed by atoms with van der Waals surface area (Å²) in [6.45, 7) is 6.97. The molecular weight excluding hydrogens is 629 g/mol. The lowest BCUT2D eigenvalue weighted by Gasteiger charge is -2.41. The Kier molecular flexibility index (Phi) is 15.8. The van der Waals surface area contributed by atoms with E-state index in [1.165, 1.54) is 155 Å². The normalized spacial score (nSPS) is 18.6. The number of unbranched alkanes of at least 4 members (excludes halogenated alkanes) is 10. The molecule has 0 bridgehead atoms. The minimum Gasteiger partial charge on any atom is -0.399 e. The highest BCUT2D eigenvalue weighted by Gasteiger charge is 2.38. The van der Waals surface area contributed by atoms with Gasteiger partial charge >= 0.3 is 0 Å². The summed E-state index contributed by atoms with van der Waals surface area (Å²) in [6.07, 6.45) is 24.6. The molecule has 52 heavy (non-hydrogen) atoms. The van der Waals surface area contributed by atoms with E-state index in [2.05, 4.69) is 118 Å². The number of benzene rings is 4. The number of nitrogen functional groups attached to an aromatic ring is 2. The van der Waals surface area contributed by atoms with Crippen molar-refractivity contribution in [1.29, 1.82) is 0 Å². The molecular formula is C50H70N2. The highest BCUT2D eigenvalue weighted by Crippen LogP contribution is 2.48. The fraction of sp³-hybridized carbons (Fsp3) is 0.520. The maximum Gasteiger partial charge on any atom is 0.0314 e. The van der Waals surface area contributed by atoms with Crippen molar-refractivity contribution in [2.45, 2.75) is 160 Å². The van der Waals surface area contributed by atoms with E-state index in [4.69, 9.17) is 11.5 Å². The molecule has 4 aromatic rings. The van der Waals surface area contributed by atoms with Gasteiger partial charge in [-0.25, -0.2) is 0 Å². The third kappa shape index (κ3) is 10.8. The lowest BCUT2D eigenvalue weighted by molar-refractivity contribution is 0.260. The molecule has 2 heteroatoms. The second kappa shape index (κ2) is 20.6. The van der Waals surface area contributed by atoms with Gasteiger partial charge in [0, 0.05) is 28.6 Å². The summed E-state index contributed by atoms with van der Waals surface area (Å²) in [4.78, 5) is 0. The van der Waals surface area contributed by atoms with Gasteiger partial charge in [-0.05, 0) is 102 Å². The van der Waals surface area contributed by atoms with Crippen LogP contribution in [0.3, 0.4) is 0 Å². The molecule has 1 aliphatic rings. The lowest BCUT2D eigenvalue weighted by atomic mass is 9.62. The van der Waals surface area contributed by atoms with Gasteiger partial charge in [-0.15, -0.1) is 0 Å². The quantitative estimate of drug-likeness (QED) is 0.0672. The molecule has 5 rings (SSSR count). The van der Waals surface area contributed by atoms with Crippen molar-refractivity contribution in [3.8, 4) is 0 Å². The van der Waals surface area contributed by atoms with Crippen molar-refractivity contribution in [2.75, 3.05) is 11.5 Å². The number of nitrogens with two attached hydrogens (primary N) is 2. The topological polar surface area (TPSA) is 52.0 Å². The minimum atomic E-state index is 0.0642. The van der Waals surface area contributed by atoms with Gasteiger partial charge < -0.3 is 11.5 Å². The third-order valence-corrected chi connectivity index (χ3v) is 12.6. The molecule has 0 aromatic heterocycles. The zero-order valence-electron chi connectivity index (χ0n) is 33.1. The molecule has 280 valence electrons. The first-order chi connectivity index (χ1) is 25.5. The molecule has 0 saturated heterocycles. The average Bonchev–Trinajstić information content (AvgIpc) is 3.18. The van der Waals surface area contributed by atoms with Gasteiger partial charge in [0.1, 0.15) is 0 Å². The van der Waals surface area contributed by atoms with Crippen molar-refractivity contribution in [3.05, 3.63) is 130 Å². The highest BCUT2D eigenvalue weighted by atomic mass is 14.5. The van der Waals surface area contributed by atoms with Gasteiger partial charge in [0.05, 0.1) is 0 Å². The SMILES string of the molecule is CCCCCCCCC(c1ccc(N)cc1)c1ccc(C2(c3ccc(C(CCCCCCCC)c4ccc(N)cc4)cc3)CCC(CC)CC2)cc1. The number of rotatable bonds is 21. The first-order valence-corrected chi connectivity index (χ1v) is 21.4. The van der Waals surface area contributed by atoms with Gasteiger partial charge in [0.15, 0.2) is 0 Å². The van der Waals surface area contributed by atoms with E-state index in [-0.39, 0.29) is 5.41 Å². The minimum absolute atomic E-state index is 0.0642. The molecule has 1 aliphatic carbocycles. The molecule has 2 nitrogen and oxygen atoms in total. The van der Waals surface area contributed by atoms with Gasteiger partial charge in [0.2, 0.25) is 0 Å². The van der Waals surface area contributed by atoms with E-state index in [0.29, 0.717) is 11.8 Å². The summed E-state index contributed by atoms with van der Waals surface area (Å²) < 4.78 is 0. The largest absolute Gasteiger partial charge is 0.399 e. The zero-order valence-corrected chi connectivity index (χ0v) is 33.1. The van der Waals surface area contributed by atoms with Crippen molar-refractivity contribution in [1.82, 2.24) is 0 Å². The fourth-order valence-electron chi connectivity index (χ4n) is 9.16. The highest BCUT2D eigenvalue weighted by molar-refractivity contribution is 5.47. The Morgan fingerprint density at radius 3 is 1.13 bits per heavy atom. The number of hydrogen-bond acceptors (Lipinski definition) is 2. The average molecular weight is 699 g/mol. The van der Waals surface area contributed by atoms with Crippen molar-refractivity contribution < 1.29 is 0 Å². The van der Waals surface area contributed by atoms with Crippen LogP contribution >= 0.6 is 0 Å². The lowest BCUT2D eigenvalue weighted by Crippen LogP contribution is -2.33. The molecule has 0 spiro atoms. The molecule has 1 saturated carbocycles. The fourth-order valence-corrected chi connectivity index (χ4v) is 9.16. The van der Waals surface area contributed by atoms with Crippen LogP contribution in [0.2, 0.25) is 0 Å². The Labute approximate surface area is 318 Å². The Hall–Kier alpha value is -3.52. The molecule has 1 fully saturated rings. The second-order valence-corrected chi connectivity index (χ2v) is 16.2. The van der Waals surface area contributed by atoms with E-state index in [0.717, 1.165) is 17.3 Å². The standard InChI is InChI=1S/C50H70N2/c1-4-7-9-11-13-15-17-48(42-23-31-46(51)32-24-42)40-19-27-44(28-20-40)50(37-35-39(6-3)36-38-50)45-29-21-41(22-30-45)49(18-16-14-12-10-8-5-2)43-25-33-47(52)34-26-43/h19-34,39,48-49H,4-18,35-38,51-52H2,1-3H3. The van der Waals surface area contributed by atoms with Gasteiger partial charge in [-0.3, -0.25) is 0 Å². The molecule has 0 heterocycles. The van der Waals surface area contributed by atoms with Crippen LogP contribution < -0.4 is 11.5 Å². The summed E-state index contributed by atoms with van der Waals surface area (Å²) in [7, 11) is 0. The summed E-state index contributed by atoms with van der Waals surface area (Å²) >= 11 is 0. The molecule has 4 N–H and O–H groups in total. The predicted octanol–water partition coefficient (Wildman–Crippen LogP) is 14.5. The molecule has 0 radical (unpaired) electrons. The molecule has 4 aromatic carbocycles. The van der Waals surface area contributed by atoms with Crippen LogP contribution in [0, 0.1) is 5.92 Å². The van der Waals surface area contributed by atoms with E-state index in [1.54, 1.807) is 0 Å². The maximum atomic E-state index is 6.12. The maximum absolute atomic E-state index is 6.12. The first kappa shape index (κ1) is 39.7. The summed E-state index contributed by atoms with van der Waals surface area (Å²) in [5, 5.41) is 0. The van der Waals surface area contributed by atoms with Crippen LogP contribution in [0.5, 0.6) is 0 Å². The van der Waals surface area contributed by atoms with Gasteiger partial charge in [-0.2, -0.15) is 0 Å². The Morgan fingerprint density at radius 1 is 0.462 bits per heavy atom. The van der Waals surface area contributed by atoms with Crippen LogP contribution in [0.1, 0.15) is 188 Å². The smallest absolute Gasteiger partial charge is 0.0314 e. The van der Waals surface area contributed by atoms with E-state index in [1.807, 2.05) is 0 Å². The Balaban J connectivity index is 1.40. The predicted molar refractivity (Wildman–Crippen MR) is 227 cm³/mol. The van der Waals surface area contributed by atoms with Crippen molar-refractivity contribution in [3.63, 3.8) is 0 Å². The van der Waals surface area contributed by atoms with E-state index >= 15 is 0 Å². The summed E-state index contributed by atoms with van der Waals surface area (Å²) in [5.41, 5.74) is 22.7.